The highest BCUT2D eigenvalue weighted by molar-refractivity contribution is 5.77. The predicted molar refractivity (Wildman–Crippen MR) is 53.0 cm³/mol. The summed E-state index contributed by atoms with van der Waals surface area (Å²) in [4.78, 5) is 10.8. The quantitative estimate of drug-likeness (QED) is 0.685. The van der Waals surface area contributed by atoms with Crippen LogP contribution in [0.4, 0.5) is 0 Å². The summed E-state index contributed by atoms with van der Waals surface area (Å²) >= 11 is 0. The van der Waals surface area contributed by atoms with Crippen LogP contribution in [0.3, 0.4) is 0 Å². The zero-order valence-electron chi connectivity index (χ0n) is 8.72. The Kier molecular flexibility index (Phi) is 9.93. The van der Waals surface area contributed by atoms with Gasteiger partial charge in [-0.3, -0.25) is 4.79 Å². The first kappa shape index (κ1) is 14.0. The summed E-state index contributed by atoms with van der Waals surface area (Å²) in [6.07, 6.45) is -0.456. The molecular weight excluding hydrogens is 154 g/mol. The average Bonchev–Trinajstić information content (AvgIpc) is 2.03. The number of amides is 1. The second-order valence-electron chi connectivity index (χ2n) is 2.75. The van der Waals surface area contributed by atoms with E-state index in [9.17, 15) is 4.79 Å². The van der Waals surface area contributed by atoms with E-state index in [1.807, 2.05) is 27.7 Å². The molecule has 0 bridgehead atoms. The molecule has 0 spiro atoms. The van der Waals surface area contributed by atoms with Crippen LogP contribution in [0.5, 0.6) is 0 Å². The Labute approximate surface area is 76.7 Å². The first-order valence-electron chi connectivity index (χ1n) is 4.49. The minimum absolute atomic E-state index is 0. The number of rotatable bonds is 3. The van der Waals surface area contributed by atoms with Gasteiger partial charge in [-0.1, -0.05) is 27.7 Å². The van der Waals surface area contributed by atoms with E-state index in [0.29, 0.717) is 6.54 Å². The van der Waals surface area contributed by atoms with E-state index < -0.39 is 6.10 Å². The molecule has 0 saturated carbocycles. The minimum Gasteiger partial charge on any atom is -0.392 e. The Morgan fingerprint density at radius 3 is 2.08 bits per heavy atom. The molecule has 0 saturated heterocycles. The molecule has 0 aliphatic heterocycles. The molecule has 0 aliphatic rings. The summed E-state index contributed by atoms with van der Waals surface area (Å²) in [5.74, 6) is -0.0142. The van der Waals surface area contributed by atoms with Crippen LogP contribution in [0.2, 0.25) is 0 Å². The largest absolute Gasteiger partial charge is 0.392 e. The Hall–Kier alpha value is -0.570. The molecule has 0 aromatic rings. The Bertz CT molecular complexity index is 116. The third kappa shape index (κ3) is 9.43. The summed E-state index contributed by atoms with van der Waals surface area (Å²) < 4.78 is 0. The molecule has 0 rings (SSSR count). The van der Waals surface area contributed by atoms with E-state index in [1.165, 1.54) is 0 Å². The first-order chi connectivity index (χ1) is 5.54. The normalized spacial score (nSPS) is 11.6. The van der Waals surface area contributed by atoms with Gasteiger partial charge in [0.15, 0.2) is 0 Å². The molecule has 12 heavy (non-hydrogen) atoms. The number of hydrogen-bond acceptors (Lipinski definition) is 2. The molecule has 2 N–H and O–H groups in total. The lowest BCUT2D eigenvalue weighted by atomic mass is 10.2. The molecule has 0 radical (unpaired) electrons. The van der Waals surface area contributed by atoms with Crippen molar-refractivity contribution >= 4 is 5.91 Å². The van der Waals surface area contributed by atoms with Crippen LogP contribution >= 0.6 is 0 Å². The van der Waals surface area contributed by atoms with Gasteiger partial charge in [0, 0.05) is 13.9 Å². The molecule has 1 atom stereocenters. The van der Waals surface area contributed by atoms with Gasteiger partial charge in [-0.25, -0.2) is 0 Å². The summed E-state index contributed by atoms with van der Waals surface area (Å²) in [5.41, 5.74) is 0. The van der Waals surface area contributed by atoms with E-state index in [-0.39, 0.29) is 13.3 Å². The lowest BCUT2D eigenvalue weighted by molar-refractivity contribution is -0.124. The van der Waals surface area contributed by atoms with Gasteiger partial charge in [-0.15, -0.1) is 0 Å². The van der Waals surface area contributed by atoms with Gasteiger partial charge in [-0.05, 0) is 6.92 Å². The van der Waals surface area contributed by atoms with Crippen molar-refractivity contribution in [3.05, 3.63) is 0 Å². The van der Waals surface area contributed by atoms with E-state index in [1.54, 1.807) is 6.92 Å². The molecule has 0 aromatic heterocycles. The summed E-state index contributed by atoms with van der Waals surface area (Å²) in [5, 5.41) is 11.4. The highest BCUT2D eigenvalue weighted by Crippen LogP contribution is 1.89. The maximum absolute atomic E-state index is 10.8. The molecule has 1 amide bonds. The van der Waals surface area contributed by atoms with Gasteiger partial charge in [0.2, 0.25) is 5.91 Å². The number of aliphatic hydroxyl groups excluding tert-OH is 1. The van der Waals surface area contributed by atoms with Crippen molar-refractivity contribution in [3.63, 3.8) is 0 Å². The first-order valence-corrected chi connectivity index (χ1v) is 4.49. The van der Waals surface area contributed by atoms with Gasteiger partial charge in [0.05, 0.1) is 6.10 Å². The van der Waals surface area contributed by atoms with Crippen LogP contribution in [-0.2, 0) is 4.79 Å². The second kappa shape index (κ2) is 8.53. The van der Waals surface area contributed by atoms with Crippen LogP contribution in [0.25, 0.3) is 0 Å². The molecule has 3 nitrogen and oxygen atoms in total. The third-order valence-electron chi connectivity index (χ3n) is 1.10. The molecule has 76 valence electrons. The summed E-state index contributed by atoms with van der Waals surface area (Å²) in [6.45, 7) is 9.62. The fraction of sp³-hybridized carbons (Fsp3) is 0.889. The molecule has 1 unspecified atom stereocenters. The third-order valence-corrected chi connectivity index (χ3v) is 1.10. The van der Waals surface area contributed by atoms with Crippen molar-refractivity contribution in [2.24, 2.45) is 5.92 Å². The van der Waals surface area contributed by atoms with Crippen LogP contribution in [0.15, 0.2) is 0 Å². The van der Waals surface area contributed by atoms with Gasteiger partial charge in [0.1, 0.15) is 0 Å². The number of hydrogen-bond donors (Lipinski definition) is 2. The monoisotopic (exact) mass is 177 g/mol. The highest BCUT2D eigenvalue weighted by Gasteiger charge is 2.05. The van der Waals surface area contributed by atoms with Crippen molar-refractivity contribution in [1.29, 1.82) is 0 Å². The fourth-order valence-electron chi connectivity index (χ4n) is 0.452. The maximum atomic E-state index is 10.8. The van der Waals surface area contributed by atoms with E-state index in [2.05, 4.69) is 5.32 Å². The summed E-state index contributed by atoms with van der Waals surface area (Å²) in [6, 6.07) is 0. The van der Waals surface area contributed by atoms with Crippen LogP contribution in [0, 0.1) is 5.92 Å². The molecule has 0 aliphatic carbocycles. The second-order valence-corrected chi connectivity index (χ2v) is 2.75. The van der Waals surface area contributed by atoms with Crippen molar-refractivity contribution in [1.82, 2.24) is 5.32 Å². The zero-order chi connectivity index (χ0) is 10.1. The van der Waals surface area contributed by atoms with Gasteiger partial charge < -0.3 is 10.4 Å². The lowest BCUT2D eigenvalue weighted by Crippen LogP contribution is -2.33. The number of carbonyl (C=O) groups excluding carboxylic acids is 1. The van der Waals surface area contributed by atoms with Crippen LogP contribution in [-0.4, -0.2) is 23.7 Å². The minimum atomic E-state index is -0.456. The van der Waals surface area contributed by atoms with Crippen molar-refractivity contribution < 1.29 is 11.3 Å². The van der Waals surface area contributed by atoms with Gasteiger partial charge in [0.25, 0.3) is 0 Å². The molecule has 3 heteroatoms. The number of nitrogens with one attached hydrogen (secondary N) is 1. The van der Waals surface area contributed by atoms with Crippen molar-refractivity contribution in [2.45, 2.75) is 40.7 Å². The molecule has 0 aromatic carbocycles. The number of aliphatic hydroxyl groups is 1. The number of carbonyl (C=O) groups is 1. The van der Waals surface area contributed by atoms with Crippen LogP contribution < -0.4 is 5.32 Å². The van der Waals surface area contributed by atoms with Crippen molar-refractivity contribution in [2.75, 3.05) is 6.54 Å². The van der Waals surface area contributed by atoms with Gasteiger partial charge in [-0.2, -0.15) is 0 Å². The topological polar surface area (TPSA) is 49.3 Å². The maximum Gasteiger partial charge on any atom is 0.222 e. The average molecular weight is 177 g/mol. The van der Waals surface area contributed by atoms with E-state index in [4.69, 9.17) is 5.11 Å². The predicted octanol–water partition coefficient (Wildman–Crippen LogP) is 1.41. The molecule has 0 heterocycles. The van der Waals surface area contributed by atoms with Crippen molar-refractivity contribution in [3.8, 4) is 0 Å². The fourth-order valence-corrected chi connectivity index (χ4v) is 0.452. The van der Waals surface area contributed by atoms with Gasteiger partial charge >= 0.3 is 0 Å². The lowest BCUT2D eigenvalue weighted by Gasteiger charge is -2.08. The zero-order valence-corrected chi connectivity index (χ0v) is 8.72. The Balaban J connectivity index is -0.000000309. The molecular formula is C9H23NO2. The Morgan fingerprint density at radius 1 is 1.42 bits per heavy atom. The smallest absolute Gasteiger partial charge is 0.222 e. The molecule has 0 fully saturated rings. The van der Waals surface area contributed by atoms with E-state index >= 15 is 0 Å². The SMILES string of the molecule is CC.CC(O)CNC(=O)C(C)C.[HH]. The van der Waals surface area contributed by atoms with E-state index in [0.717, 1.165) is 0 Å². The summed E-state index contributed by atoms with van der Waals surface area (Å²) in [7, 11) is 0. The highest BCUT2D eigenvalue weighted by atomic mass is 16.3. The standard InChI is InChI=1S/C7H15NO2.C2H6.H2/c1-5(2)7(10)8-4-6(3)9;1-2;/h5-6,9H,4H2,1-3H3,(H,8,10);1-2H3;1H. The van der Waals surface area contributed by atoms with Crippen LogP contribution in [0.1, 0.15) is 36.0 Å². The Morgan fingerprint density at radius 2 is 1.83 bits per heavy atom.